The zero-order valence-corrected chi connectivity index (χ0v) is 15.2. The number of hydrogen-bond donors (Lipinski definition) is 4. The molecule has 0 fully saturated rings. The summed E-state index contributed by atoms with van der Waals surface area (Å²) >= 11 is 1.29. The van der Waals surface area contributed by atoms with Gasteiger partial charge in [0.15, 0.2) is 0 Å². The number of carboxylic acid groups (broad SMARTS) is 2. The molecule has 0 atom stereocenters. The molecule has 0 heterocycles. The van der Waals surface area contributed by atoms with Crippen molar-refractivity contribution in [2.45, 2.75) is 4.90 Å². The van der Waals surface area contributed by atoms with Crippen LogP contribution in [0.5, 0.6) is 0 Å². The molecular weight excluding hydrogens is 384 g/mol. The molecule has 0 aliphatic rings. The van der Waals surface area contributed by atoms with Crippen molar-refractivity contribution in [1.29, 1.82) is 0 Å². The Morgan fingerprint density at radius 1 is 0.821 bits per heavy atom. The van der Waals surface area contributed by atoms with E-state index >= 15 is 0 Å². The van der Waals surface area contributed by atoms with Gasteiger partial charge in [0.1, 0.15) is 0 Å². The Kier molecular flexibility index (Phi) is 7.35. The average Bonchev–Trinajstić information content (AvgIpc) is 2.66. The number of rotatable bonds is 8. The van der Waals surface area contributed by atoms with Crippen LogP contribution in [0, 0.1) is 0 Å². The van der Waals surface area contributed by atoms with Crippen LogP contribution < -0.4 is 10.6 Å². The molecule has 0 aliphatic heterocycles. The zero-order chi connectivity index (χ0) is 20.5. The van der Waals surface area contributed by atoms with Crippen molar-refractivity contribution in [2.24, 2.45) is 0 Å². The van der Waals surface area contributed by atoms with Crippen LogP contribution in [0.25, 0.3) is 0 Å². The Balaban J connectivity index is 1.82. The summed E-state index contributed by atoms with van der Waals surface area (Å²) in [5, 5.41) is 22.5. The highest BCUT2D eigenvalue weighted by Crippen LogP contribution is 2.21. The number of amides is 2. The van der Waals surface area contributed by atoms with E-state index in [0.717, 1.165) is 17.0 Å². The second-order valence-electron chi connectivity index (χ2n) is 5.40. The Labute approximate surface area is 164 Å². The summed E-state index contributed by atoms with van der Waals surface area (Å²) in [5.41, 5.74) is 1.13. The van der Waals surface area contributed by atoms with Crippen molar-refractivity contribution < 1.29 is 29.4 Å². The number of nitrogens with one attached hydrogen (secondary N) is 2. The van der Waals surface area contributed by atoms with Gasteiger partial charge < -0.3 is 20.8 Å². The molecule has 144 valence electrons. The normalized spacial score (nSPS) is 10.4. The van der Waals surface area contributed by atoms with E-state index in [2.05, 4.69) is 10.6 Å². The van der Waals surface area contributed by atoms with Crippen molar-refractivity contribution in [1.82, 2.24) is 0 Å². The molecule has 2 amide bonds. The Hall–Kier alpha value is -3.59. The van der Waals surface area contributed by atoms with Gasteiger partial charge in [-0.2, -0.15) is 0 Å². The smallest absolute Gasteiger partial charge is 0.335 e. The lowest BCUT2D eigenvalue weighted by atomic mass is 10.2. The van der Waals surface area contributed by atoms with Gasteiger partial charge in [0, 0.05) is 28.4 Å². The molecule has 2 aromatic rings. The van der Waals surface area contributed by atoms with Crippen molar-refractivity contribution in [3.63, 3.8) is 0 Å². The summed E-state index contributed by atoms with van der Waals surface area (Å²) in [4.78, 5) is 45.4. The highest BCUT2D eigenvalue weighted by atomic mass is 32.2. The highest BCUT2D eigenvalue weighted by Gasteiger charge is 2.06. The van der Waals surface area contributed by atoms with Gasteiger partial charge in [-0.25, -0.2) is 9.59 Å². The van der Waals surface area contributed by atoms with Crippen molar-refractivity contribution >= 4 is 46.9 Å². The third-order valence-electron chi connectivity index (χ3n) is 3.28. The monoisotopic (exact) mass is 400 g/mol. The number of carboxylic acids is 2. The maximum atomic E-state index is 12.0. The van der Waals surface area contributed by atoms with Gasteiger partial charge in [0.25, 0.3) is 0 Å². The Morgan fingerprint density at radius 3 is 1.96 bits per heavy atom. The van der Waals surface area contributed by atoms with E-state index in [0.29, 0.717) is 11.4 Å². The van der Waals surface area contributed by atoms with Gasteiger partial charge in [-0.15, -0.1) is 11.8 Å². The topological polar surface area (TPSA) is 133 Å². The van der Waals surface area contributed by atoms with Gasteiger partial charge in [-0.05, 0) is 48.5 Å². The van der Waals surface area contributed by atoms with E-state index in [9.17, 15) is 19.2 Å². The summed E-state index contributed by atoms with van der Waals surface area (Å²) in [6.45, 7) is 0. The molecule has 8 nitrogen and oxygen atoms in total. The van der Waals surface area contributed by atoms with Crippen LogP contribution in [-0.2, 0) is 14.4 Å². The lowest BCUT2D eigenvalue weighted by Crippen LogP contribution is -2.14. The van der Waals surface area contributed by atoms with E-state index in [1.165, 1.54) is 36.0 Å². The standard InChI is InChI=1S/C19H16N2O6S/c22-16(9-10-18(24)25)20-14-5-7-15(8-6-14)28-11-17(23)21-13-3-1-12(2-4-13)19(26)27/h1-10H,11H2,(H,20,22)(H,21,23)(H,24,25)(H,26,27)/b10-9+. The van der Waals surface area contributed by atoms with Crippen molar-refractivity contribution in [2.75, 3.05) is 16.4 Å². The molecule has 0 radical (unpaired) electrons. The molecule has 0 saturated heterocycles. The van der Waals surface area contributed by atoms with Gasteiger partial charge in [0.05, 0.1) is 11.3 Å². The molecule has 0 saturated carbocycles. The van der Waals surface area contributed by atoms with Crippen LogP contribution in [0.3, 0.4) is 0 Å². The minimum absolute atomic E-state index is 0.137. The van der Waals surface area contributed by atoms with E-state index in [-0.39, 0.29) is 17.2 Å². The fourth-order valence-corrected chi connectivity index (χ4v) is 2.71. The predicted molar refractivity (Wildman–Crippen MR) is 105 cm³/mol. The van der Waals surface area contributed by atoms with E-state index in [1.807, 2.05) is 0 Å². The van der Waals surface area contributed by atoms with Gasteiger partial charge in [-0.1, -0.05) is 0 Å². The summed E-state index contributed by atoms with van der Waals surface area (Å²) in [7, 11) is 0. The fraction of sp³-hybridized carbons (Fsp3) is 0.0526. The van der Waals surface area contributed by atoms with Gasteiger partial charge >= 0.3 is 11.9 Å². The number of aromatic carboxylic acids is 1. The minimum Gasteiger partial charge on any atom is -0.478 e. The van der Waals surface area contributed by atoms with Crippen LogP contribution in [0.1, 0.15) is 10.4 Å². The summed E-state index contributed by atoms with van der Waals surface area (Å²) in [5.74, 6) is -2.90. The third-order valence-corrected chi connectivity index (χ3v) is 4.30. The van der Waals surface area contributed by atoms with E-state index in [4.69, 9.17) is 10.2 Å². The molecule has 2 aromatic carbocycles. The molecule has 0 aromatic heterocycles. The molecule has 0 unspecified atom stereocenters. The van der Waals surface area contributed by atoms with Crippen LogP contribution in [0.4, 0.5) is 11.4 Å². The number of benzene rings is 2. The Morgan fingerprint density at radius 2 is 1.39 bits per heavy atom. The number of carbonyl (C=O) groups excluding carboxylic acids is 2. The van der Waals surface area contributed by atoms with Crippen molar-refractivity contribution in [3.8, 4) is 0 Å². The van der Waals surface area contributed by atoms with Crippen LogP contribution in [0.15, 0.2) is 65.6 Å². The SMILES string of the molecule is O=C(O)/C=C/C(=O)Nc1ccc(SCC(=O)Nc2ccc(C(=O)O)cc2)cc1. The van der Waals surface area contributed by atoms with Crippen molar-refractivity contribution in [3.05, 3.63) is 66.2 Å². The third kappa shape index (κ3) is 6.96. The molecule has 2 rings (SSSR count). The summed E-state index contributed by atoms with van der Waals surface area (Å²) in [6.07, 6.45) is 1.66. The van der Waals surface area contributed by atoms with Gasteiger partial charge in [0.2, 0.25) is 11.8 Å². The first kappa shape index (κ1) is 20.7. The predicted octanol–water partition coefficient (Wildman–Crippen LogP) is 2.69. The van der Waals surface area contributed by atoms with Crippen LogP contribution in [-0.4, -0.2) is 39.7 Å². The van der Waals surface area contributed by atoms with Gasteiger partial charge in [-0.3, -0.25) is 9.59 Å². The highest BCUT2D eigenvalue weighted by molar-refractivity contribution is 8.00. The number of thioether (sulfide) groups is 1. The maximum absolute atomic E-state index is 12.0. The number of aliphatic carboxylic acids is 1. The van der Waals surface area contributed by atoms with E-state index < -0.39 is 17.8 Å². The average molecular weight is 400 g/mol. The zero-order valence-electron chi connectivity index (χ0n) is 14.4. The van der Waals surface area contributed by atoms with Crippen LogP contribution in [0.2, 0.25) is 0 Å². The van der Waals surface area contributed by atoms with Crippen LogP contribution >= 0.6 is 11.8 Å². The number of anilines is 2. The summed E-state index contributed by atoms with van der Waals surface area (Å²) in [6, 6.07) is 12.6. The molecule has 28 heavy (non-hydrogen) atoms. The molecule has 9 heteroatoms. The first-order valence-electron chi connectivity index (χ1n) is 7.91. The largest absolute Gasteiger partial charge is 0.478 e. The minimum atomic E-state index is -1.21. The molecule has 0 bridgehead atoms. The fourth-order valence-electron chi connectivity index (χ4n) is 2.01. The second kappa shape index (κ2) is 9.93. The molecule has 0 spiro atoms. The first-order chi connectivity index (χ1) is 13.3. The lowest BCUT2D eigenvalue weighted by Gasteiger charge is -2.07. The van der Waals surface area contributed by atoms with E-state index in [1.54, 1.807) is 24.3 Å². The Bertz CT molecular complexity index is 907. The lowest BCUT2D eigenvalue weighted by molar-refractivity contribution is -0.131. The number of hydrogen-bond acceptors (Lipinski definition) is 5. The number of carbonyl (C=O) groups is 4. The maximum Gasteiger partial charge on any atom is 0.335 e. The first-order valence-corrected chi connectivity index (χ1v) is 8.90. The summed E-state index contributed by atoms with van der Waals surface area (Å²) < 4.78 is 0. The molecule has 4 N–H and O–H groups in total. The second-order valence-corrected chi connectivity index (χ2v) is 6.45. The quantitative estimate of drug-likeness (QED) is 0.395. The molecular formula is C19H16N2O6S. The molecule has 0 aliphatic carbocycles.